The topological polar surface area (TPSA) is 39.7 Å². The molecule has 0 aliphatic rings. The Hall–Kier alpha value is -0.820. The van der Waals surface area contributed by atoms with E-state index in [0.29, 0.717) is 18.5 Å². The molecular formula is C19H35IN4. The van der Waals surface area contributed by atoms with Gasteiger partial charge >= 0.3 is 0 Å². The molecule has 0 amide bonds. The van der Waals surface area contributed by atoms with Crippen molar-refractivity contribution in [1.29, 1.82) is 0 Å². The molecule has 0 saturated heterocycles. The van der Waals surface area contributed by atoms with Gasteiger partial charge in [0.15, 0.2) is 5.96 Å². The Balaban J connectivity index is 0.00000529. The molecule has 0 spiro atoms. The molecule has 0 unspecified atom stereocenters. The lowest BCUT2D eigenvalue weighted by Crippen LogP contribution is -2.39. The highest BCUT2D eigenvalue weighted by Gasteiger charge is 2.08. The van der Waals surface area contributed by atoms with Crippen LogP contribution in [-0.4, -0.2) is 37.0 Å². The van der Waals surface area contributed by atoms with Gasteiger partial charge in [-0.15, -0.1) is 24.0 Å². The molecule has 0 heterocycles. The van der Waals surface area contributed by atoms with Crippen LogP contribution in [0.4, 0.5) is 0 Å². The van der Waals surface area contributed by atoms with Crippen molar-refractivity contribution in [2.75, 3.05) is 20.1 Å². The van der Waals surface area contributed by atoms with Crippen LogP contribution in [0.3, 0.4) is 0 Å². The first kappa shape index (κ1) is 23.2. The Bertz CT molecular complexity index is 486. The predicted octanol–water partition coefficient (Wildman–Crippen LogP) is 3.86. The van der Waals surface area contributed by atoms with E-state index in [2.05, 4.69) is 81.5 Å². The maximum absolute atomic E-state index is 4.74. The second-order valence-electron chi connectivity index (χ2n) is 6.75. The third-order valence-corrected chi connectivity index (χ3v) is 3.85. The minimum absolute atomic E-state index is 0. The second-order valence-corrected chi connectivity index (χ2v) is 6.75. The fraction of sp³-hybridized carbons (Fsp3) is 0.632. The van der Waals surface area contributed by atoms with Crippen molar-refractivity contribution in [3.05, 3.63) is 35.4 Å². The maximum Gasteiger partial charge on any atom is 0.191 e. The Labute approximate surface area is 165 Å². The lowest BCUT2D eigenvalue weighted by molar-refractivity contribution is 0.265. The van der Waals surface area contributed by atoms with Crippen LogP contribution in [-0.2, 0) is 13.1 Å². The van der Waals surface area contributed by atoms with Crippen LogP contribution < -0.4 is 10.6 Å². The summed E-state index contributed by atoms with van der Waals surface area (Å²) in [6.07, 6.45) is 0. The van der Waals surface area contributed by atoms with Crippen LogP contribution in [0.15, 0.2) is 29.3 Å². The molecule has 0 saturated carbocycles. The third-order valence-electron chi connectivity index (χ3n) is 3.85. The van der Waals surface area contributed by atoms with Gasteiger partial charge in [0.1, 0.15) is 0 Å². The van der Waals surface area contributed by atoms with Gasteiger partial charge < -0.3 is 10.6 Å². The Morgan fingerprint density at radius 2 is 1.71 bits per heavy atom. The first-order valence-corrected chi connectivity index (χ1v) is 8.73. The summed E-state index contributed by atoms with van der Waals surface area (Å²) in [5, 5.41) is 6.71. The average Bonchev–Trinajstić information content (AvgIpc) is 2.51. The molecule has 4 nitrogen and oxygen atoms in total. The average molecular weight is 446 g/mol. The first-order valence-electron chi connectivity index (χ1n) is 8.73. The van der Waals surface area contributed by atoms with Gasteiger partial charge in [-0.1, -0.05) is 38.1 Å². The number of benzene rings is 1. The predicted molar refractivity (Wildman–Crippen MR) is 116 cm³/mol. The standard InChI is InChI=1S/C19H34N4.HI/c1-7-20-19(21-12-15(2)3)22-13-17-10-8-9-11-18(17)14-23(6)16(4)5;/h8-11,15-16H,7,12-14H2,1-6H3,(H2,20,21,22);1H. The second kappa shape index (κ2) is 12.5. The van der Waals surface area contributed by atoms with E-state index in [0.717, 1.165) is 25.6 Å². The monoisotopic (exact) mass is 446 g/mol. The smallest absolute Gasteiger partial charge is 0.191 e. The van der Waals surface area contributed by atoms with Crippen LogP contribution in [0.5, 0.6) is 0 Å². The molecule has 1 aromatic carbocycles. The number of hydrogen-bond acceptors (Lipinski definition) is 2. The Kier molecular flexibility index (Phi) is 12.1. The van der Waals surface area contributed by atoms with Crippen LogP contribution >= 0.6 is 24.0 Å². The highest BCUT2D eigenvalue weighted by molar-refractivity contribution is 14.0. The highest BCUT2D eigenvalue weighted by Crippen LogP contribution is 2.13. The van der Waals surface area contributed by atoms with Gasteiger partial charge in [0, 0.05) is 25.7 Å². The van der Waals surface area contributed by atoms with E-state index < -0.39 is 0 Å². The summed E-state index contributed by atoms with van der Waals surface area (Å²) < 4.78 is 0. The molecular weight excluding hydrogens is 411 g/mol. The first-order chi connectivity index (χ1) is 10.9. The van der Waals surface area contributed by atoms with Gasteiger partial charge in [-0.2, -0.15) is 0 Å². The van der Waals surface area contributed by atoms with Crippen molar-refractivity contribution in [3.63, 3.8) is 0 Å². The van der Waals surface area contributed by atoms with Crippen LogP contribution in [0.25, 0.3) is 0 Å². The number of hydrogen-bond donors (Lipinski definition) is 2. The largest absolute Gasteiger partial charge is 0.357 e. The van der Waals surface area contributed by atoms with E-state index in [1.807, 2.05) is 0 Å². The van der Waals surface area contributed by atoms with Gasteiger partial charge in [-0.3, -0.25) is 4.90 Å². The fourth-order valence-corrected chi connectivity index (χ4v) is 2.12. The number of halogens is 1. The Morgan fingerprint density at radius 3 is 2.25 bits per heavy atom. The summed E-state index contributed by atoms with van der Waals surface area (Å²) in [5.74, 6) is 1.50. The van der Waals surface area contributed by atoms with Crippen molar-refractivity contribution >= 4 is 29.9 Å². The zero-order valence-corrected chi connectivity index (χ0v) is 18.4. The Morgan fingerprint density at radius 1 is 1.08 bits per heavy atom. The normalized spacial score (nSPS) is 11.8. The van der Waals surface area contributed by atoms with Crippen LogP contribution in [0, 0.1) is 5.92 Å². The van der Waals surface area contributed by atoms with Crippen molar-refractivity contribution in [1.82, 2.24) is 15.5 Å². The number of nitrogens with zero attached hydrogens (tertiary/aromatic N) is 2. The molecule has 0 fully saturated rings. The molecule has 138 valence electrons. The number of guanidine groups is 1. The summed E-state index contributed by atoms with van der Waals surface area (Å²) >= 11 is 0. The molecule has 0 aromatic heterocycles. The van der Waals surface area contributed by atoms with Gasteiger partial charge in [0.2, 0.25) is 0 Å². The lowest BCUT2D eigenvalue weighted by Gasteiger charge is -2.22. The minimum Gasteiger partial charge on any atom is -0.357 e. The summed E-state index contributed by atoms with van der Waals surface area (Å²) in [6.45, 7) is 14.4. The zero-order valence-electron chi connectivity index (χ0n) is 16.1. The maximum atomic E-state index is 4.74. The SMILES string of the molecule is CCNC(=NCc1ccccc1CN(C)C(C)C)NCC(C)C.I. The van der Waals surface area contributed by atoms with E-state index in [1.165, 1.54) is 11.1 Å². The molecule has 1 aromatic rings. The summed E-state index contributed by atoms with van der Waals surface area (Å²) in [6, 6.07) is 9.13. The van der Waals surface area contributed by atoms with Crippen molar-refractivity contribution in [3.8, 4) is 0 Å². The van der Waals surface area contributed by atoms with Crippen molar-refractivity contribution in [2.24, 2.45) is 10.9 Å². The van der Waals surface area contributed by atoms with Gasteiger partial charge in [0.25, 0.3) is 0 Å². The van der Waals surface area contributed by atoms with Crippen molar-refractivity contribution in [2.45, 2.75) is 53.8 Å². The van der Waals surface area contributed by atoms with E-state index in [9.17, 15) is 0 Å². The molecule has 1 rings (SSSR count). The summed E-state index contributed by atoms with van der Waals surface area (Å²) in [5.41, 5.74) is 2.65. The quantitative estimate of drug-likeness (QED) is 0.362. The molecule has 0 radical (unpaired) electrons. The molecule has 0 aliphatic heterocycles. The summed E-state index contributed by atoms with van der Waals surface area (Å²) in [4.78, 5) is 7.10. The molecule has 0 aliphatic carbocycles. The van der Waals surface area contributed by atoms with E-state index >= 15 is 0 Å². The molecule has 0 atom stereocenters. The minimum atomic E-state index is 0. The molecule has 2 N–H and O–H groups in total. The summed E-state index contributed by atoms with van der Waals surface area (Å²) in [7, 11) is 2.17. The third kappa shape index (κ3) is 8.87. The molecule has 24 heavy (non-hydrogen) atoms. The highest BCUT2D eigenvalue weighted by atomic mass is 127. The van der Waals surface area contributed by atoms with Gasteiger partial charge in [-0.25, -0.2) is 4.99 Å². The lowest BCUT2D eigenvalue weighted by atomic mass is 10.1. The van der Waals surface area contributed by atoms with Crippen LogP contribution in [0.1, 0.15) is 45.7 Å². The number of rotatable bonds is 8. The van der Waals surface area contributed by atoms with E-state index in [4.69, 9.17) is 4.99 Å². The van der Waals surface area contributed by atoms with Crippen LogP contribution in [0.2, 0.25) is 0 Å². The van der Waals surface area contributed by atoms with Crippen molar-refractivity contribution < 1.29 is 0 Å². The van der Waals surface area contributed by atoms with Gasteiger partial charge in [-0.05, 0) is 44.9 Å². The number of aliphatic imine (C=N–C) groups is 1. The molecule has 0 bridgehead atoms. The zero-order chi connectivity index (χ0) is 17.2. The number of nitrogens with one attached hydrogen (secondary N) is 2. The van der Waals surface area contributed by atoms with E-state index in [-0.39, 0.29) is 24.0 Å². The van der Waals surface area contributed by atoms with E-state index in [1.54, 1.807) is 0 Å². The fourth-order valence-electron chi connectivity index (χ4n) is 2.12. The molecule has 5 heteroatoms. The van der Waals surface area contributed by atoms with Gasteiger partial charge in [0.05, 0.1) is 6.54 Å².